The molecule has 0 heterocycles. The third-order valence-corrected chi connectivity index (χ3v) is 6.07. The number of nitrogens with one attached hydrogen (secondary N) is 2. The Hall–Kier alpha value is -2.85. The second-order valence-corrected chi connectivity index (χ2v) is 8.69. The van der Waals surface area contributed by atoms with E-state index < -0.39 is 39.6 Å². The van der Waals surface area contributed by atoms with E-state index in [9.17, 15) is 26.8 Å². The quantitative estimate of drug-likeness (QED) is 0.616. The number of ether oxygens (including phenoxy) is 1. The van der Waals surface area contributed by atoms with Crippen LogP contribution in [0.4, 0.5) is 8.78 Å². The molecular weight excluding hydrogens is 418 g/mol. The molecule has 0 bridgehead atoms. The van der Waals surface area contributed by atoms with E-state index in [-0.39, 0.29) is 16.0 Å². The molecule has 1 atom stereocenters. The van der Waals surface area contributed by atoms with Gasteiger partial charge in [-0.15, -0.1) is 0 Å². The van der Waals surface area contributed by atoms with Gasteiger partial charge in [0, 0.05) is 23.7 Å². The molecular formula is C20H20F2N2O5S. The molecule has 1 amide bonds. The number of benzene rings is 2. The zero-order valence-electron chi connectivity index (χ0n) is 16.0. The first-order valence-electron chi connectivity index (χ1n) is 9.14. The SMILES string of the molecule is COC(=O)[C@H](NC(=O)c1cccc(S(=O)(=O)NCC2CC2)c1)c1ccc(F)cc1F. The van der Waals surface area contributed by atoms with Gasteiger partial charge in [0.05, 0.1) is 12.0 Å². The lowest BCUT2D eigenvalue weighted by Crippen LogP contribution is -2.35. The lowest BCUT2D eigenvalue weighted by molar-refractivity contribution is -0.143. The standard InChI is InChI=1S/C20H20F2N2O5S/c1-29-20(26)18(16-8-7-14(21)10-17(16)22)24-19(25)13-3-2-4-15(9-13)30(27,28)23-11-12-5-6-12/h2-4,7-10,12,18,23H,5-6,11H2,1H3,(H,24,25)/t18-/m1/s1. The van der Waals surface area contributed by atoms with E-state index >= 15 is 0 Å². The molecule has 0 aromatic heterocycles. The third kappa shape index (κ3) is 5.19. The highest BCUT2D eigenvalue weighted by atomic mass is 32.2. The van der Waals surface area contributed by atoms with Gasteiger partial charge < -0.3 is 10.1 Å². The number of esters is 1. The molecule has 7 nitrogen and oxygen atoms in total. The second-order valence-electron chi connectivity index (χ2n) is 6.92. The summed E-state index contributed by atoms with van der Waals surface area (Å²) >= 11 is 0. The highest BCUT2D eigenvalue weighted by Crippen LogP contribution is 2.28. The first-order chi connectivity index (χ1) is 14.2. The molecule has 1 saturated carbocycles. The average molecular weight is 438 g/mol. The van der Waals surface area contributed by atoms with Gasteiger partial charge in [-0.2, -0.15) is 0 Å². The lowest BCUT2D eigenvalue weighted by Gasteiger charge is -2.18. The van der Waals surface area contributed by atoms with Crippen molar-refractivity contribution < 1.29 is 31.5 Å². The number of methoxy groups -OCH3 is 1. The van der Waals surface area contributed by atoms with Crippen molar-refractivity contribution in [3.8, 4) is 0 Å². The van der Waals surface area contributed by atoms with Gasteiger partial charge in [-0.3, -0.25) is 4.79 Å². The van der Waals surface area contributed by atoms with Crippen LogP contribution in [0.5, 0.6) is 0 Å². The lowest BCUT2D eigenvalue weighted by atomic mass is 10.1. The summed E-state index contributed by atoms with van der Waals surface area (Å²) in [7, 11) is -2.75. The predicted octanol–water partition coefficient (Wildman–Crippen LogP) is 2.30. The fourth-order valence-electron chi connectivity index (χ4n) is 2.77. The minimum atomic E-state index is -3.81. The van der Waals surface area contributed by atoms with Crippen LogP contribution in [-0.2, 0) is 19.6 Å². The minimum Gasteiger partial charge on any atom is -0.467 e. The van der Waals surface area contributed by atoms with Gasteiger partial charge in [-0.1, -0.05) is 12.1 Å². The molecule has 10 heteroatoms. The molecule has 1 fully saturated rings. The van der Waals surface area contributed by atoms with Crippen LogP contribution in [-0.4, -0.2) is 33.9 Å². The minimum absolute atomic E-state index is 0.0549. The van der Waals surface area contributed by atoms with E-state index in [1.165, 1.54) is 18.2 Å². The molecule has 0 aliphatic heterocycles. The molecule has 2 aromatic carbocycles. The van der Waals surface area contributed by atoms with Gasteiger partial charge in [-0.05, 0) is 43.0 Å². The summed E-state index contributed by atoms with van der Waals surface area (Å²) in [6.45, 7) is 0.326. The number of carbonyl (C=O) groups is 2. The van der Waals surface area contributed by atoms with Crippen LogP contribution in [0.1, 0.15) is 34.8 Å². The number of hydrogen-bond acceptors (Lipinski definition) is 5. The zero-order valence-corrected chi connectivity index (χ0v) is 16.8. The number of hydrogen-bond donors (Lipinski definition) is 2. The predicted molar refractivity (Wildman–Crippen MR) is 103 cm³/mol. The molecule has 0 spiro atoms. The Morgan fingerprint density at radius 1 is 1.17 bits per heavy atom. The Morgan fingerprint density at radius 2 is 1.90 bits per heavy atom. The Morgan fingerprint density at radius 3 is 2.53 bits per heavy atom. The second kappa shape index (κ2) is 8.88. The van der Waals surface area contributed by atoms with Crippen LogP contribution >= 0.6 is 0 Å². The van der Waals surface area contributed by atoms with Crippen LogP contribution in [0.25, 0.3) is 0 Å². The Bertz CT molecular complexity index is 1070. The van der Waals surface area contributed by atoms with Crippen LogP contribution in [0.15, 0.2) is 47.4 Å². The van der Waals surface area contributed by atoms with Gasteiger partial charge in [0.2, 0.25) is 10.0 Å². The number of rotatable bonds is 8. The molecule has 3 rings (SSSR count). The van der Waals surface area contributed by atoms with Crippen molar-refractivity contribution in [3.05, 3.63) is 65.2 Å². The van der Waals surface area contributed by atoms with Crippen molar-refractivity contribution in [2.24, 2.45) is 5.92 Å². The fourth-order valence-corrected chi connectivity index (χ4v) is 3.93. The van der Waals surface area contributed by atoms with Crippen molar-refractivity contribution in [2.45, 2.75) is 23.8 Å². The van der Waals surface area contributed by atoms with Gasteiger partial charge in [-0.25, -0.2) is 26.7 Å². The van der Waals surface area contributed by atoms with E-state index in [1.807, 2.05) is 0 Å². The summed E-state index contributed by atoms with van der Waals surface area (Å²) in [6, 6.07) is 6.22. The maximum atomic E-state index is 14.1. The Labute approximate surface area is 172 Å². The number of amides is 1. The van der Waals surface area contributed by atoms with Crippen LogP contribution < -0.4 is 10.0 Å². The van der Waals surface area contributed by atoms with Crippen molar-refractivity contribution in [2.75, 3.05) is 13.7 Å². The normalized spacial score (nSPS) is 14.8. The molecule has 30 heavy (non-hydrogen) atoms. The topological polar surface area (TPSA) is 102 Å². The van der Waals surface area contributed by atoms with Crippen molar-refractivity contribution in [1.82, 2.24) is 10.0 Å². The zero-order chi connectivity index (χ0) is 21.9. The highest BCUT2D eigenvalue weighted by molar-refractivity contribution is 7.89. The Balaban J connectivity index is 1.82. The maximum Gasteiger partial charge on any atom is 0.333 e. The molecule has 1 aliphatic rings. The molecule has 0 unspecified atom stereocenters. The molecule has 2 N–H and O–H groups in total. The summed E-state index contributed by atoms with van der Waals surface area (Å²) in [5, 5.41) is 2.31. The Kier molecular flexibility index (Phi) is 6.47. The maximum absolute atomic E-state index is 14.1. The van der Waals surface area contributed by atoms with E-state index in [0.29, 0.717) is 18.5 Å². The van der Waals surface area contributed by atoms with Crippen molar-refractivity contribution in [1.29, 1.82) is 0 Å². The van der Waals surface area contributed by atoms with E-state index in [0.717, 1.165) is 38.2 Å². The first-order valence-corrected chi connectivity index (χ1v) is 10.6. The molecule has 2 aromatic rings. The largest absolute Gasteiger partial charge is 0.467 e. The summed E-state index contributed by atoms with van der Waals surface area (Å²) < 4.78 is 59.2. The third-order valence-electron chi connectivity index (χ3n) is 4.65. The fraction of sp³-hybridized carbons (Fsp3) is 0.300. The van der Waals surface area contributed by atoms with E-state index in [1.54, 1.807) is 0 Å². The van der Waals surface area contributed by atoms with Crippen LogP contribution in [0.3, 0.4) is 0 Å². The first kappa shape index (κ1) is 21.8. The monoisotopic (exact) mass is 438 g/mol. The molecule has 0 radical (unpaired) electrons. The smallest absolute Gasteiger partial charge is 0.333 e. The molecule has 0 saturated heterocycles. The molecule has 1 aliphatic carbocycles. The summed E-state index contributed by atoms with van der Waals surface area (Å²) in [5.74, 6) is -3.34. The van der Waals surface area contributed by atoms with Crippen molar-refractivity contribution in [3.63, 3.8) is 0 Å². The molecule has 160 valence electrons. The number of sulfonamides is 1. The van der Waals surface area contributed by atoms with Crippen molar-refractivity contribution >= 4 is 21.9 Å². The average Bonchev–Trinajstić information content (AvgIpc) is 3.55. The van der Waals surface area contributed by atoms with Crippen LogP contribution in [0.2, 0.25) is 0 Å². The summed E-state index contributed by atoms with van der Waals surface area (Å²) in [6.07, 6.45) is 1.94. The van der Waals surface area contributed by atoms with E-state index in [4.69, 9.17) is 0 Å². The summed E-state index contributed by atoms with van der Waals surface area (Å²) in [5.41, 5.74) is -0.341. The summed E-state index contributed by atoms with van der Waals surface area (Å²) in [4.78, 5) is 24.6. The number of carbonyl (C=O) groups excluding carboxylic acids is 2. The number of halogens is 2. The van der Waals surface area contributed by atoms with Crippen LogP contribution in [0, 0.1) is 17.6 Å². The highest BCUT2D eigenvalue weighted by Gasteiger charge is 2.28. The van der Waals surface area contributed by atoms with Gasteiger partial charge in [0.15, 0.2) is 6.04 Å². The van der Waals surface area contributed by atoms with Gasteiger partial charge in [0.25, 0.3) is 5.91 Å². The van der Waals surface area contributed by atoms with Gasteiger partial charge >= 0.3 is 5.97 Å². The van der Waals surface area contributed by atoms with E-state index in [2.05, 4.69) is 14.8 Å². The van der Waals surface area contributed by atoms with Gasteiger partial charge in [0.1, 0.15) is 11.6 Å².